The minimum Gasteiger partial charge on any atom is -0.464 e. The molecule has 0 saturated heterocycles. The van der Waals surface area contributed by atoms with Crippen molar-refractivity contribution in [1.82, 2.24) is 4.90 Å². The predicted octanol–water partition coefficient (Wildman–Crippen LogP) is 2.66. The number of amides is 1. The molecule has 0 fully saturated rings. The maximum absolute atomic E-state index is 12.1. The summed E-state index contributed by atoms with van der Waals surface area (Å²) in [4.78, 5) is 13.7. The number of carbonyl (C=O) groups is 1. The lowest BCUT2D eigenvalue weighted by Gasteiger charge is -2.15. The van der Waals surface area contributed by atoms with E-state index in [4.69, 9.17) is 9.68 Å². The first-order valence-electron chi connectivity index (χ1n) is 6.37. The first-order chi connectivity index (χ1) is 9.58. The van der Waals surface area contributed by atoms with Crippen LogP contribution in [0.2, 0.25) is 0 Å². The lowest BCUT2D eigenvalue weighted by atomic mass is 10.1. The van der Waals surface area contributed by atoms with Gasteiger partial charge in [0.15, 0.2) is 0 Å². The number of hydrogen-bond donors (Lipinski definition) is 0. The van der Waals surface area contributed by atoms with E-state index in [-0.39, 0.29) is 5.91 Å². The Morgan fingerprint density at radius 3 is 2.50 bits per heavy atom. The normalized spacial score (nSPS) is 10.1. The average Bonchev–Trinajstić information content (AvgIpc) is 2.85. The Morgan fingerprint density at radius 1 is 1.25 bits per heavy atom. The van der Waals surface area contributed by atoms with Crippen molar-refractivity contribution in [2.24, 2.45) is 0 Å². The highest BCUT2D eigenvalue weighted by Crippen LogP contribution is 2.10. The quantitative estimate of drug-likeness (QED) is 0.856. The van der Waals surface area contributed by atoms with Crippen LogP contribution in [-0.2, 0) is 17.8 Å². The van der Waals surface area contributed by atoms with Crippen LogP contribution in [-0.4, -0.2) is 17.9 Å². The number of hydrogen-bond acceptors (Lipinski definition) is 3. The van der Waals surface area contributed by atoms with Crippen molar-refractivity contribution in [3.8, 4) is 6.07 Å². The molecule has 2 rings (SSSR count). The van der Waals surface area contributed by atoms with Gasteiger partial charge in [-0.2, -0.15) is 5.26 Å². The van der Waals surface area contributed by atoms with Gasteiger partial charge in [-0.1, -0.05) is 12.1 Å². The number of rotatable bonds is 4. The highest BCUT2D eigenvalue weighted by molar-refractivity contribution is 5.78. The second kappa shape index (κ2) is 6.07. The van der Waals surface area contributed by atoms with Crippen LogP contribution in [0.4, 0.5) is 0 Å². The SMILES string of the molecule is Cc1ccc(CN(C)C(=O)Cc2ccc(C#N)cc2)o1. The fourth-order valence-electron chi connectivity index (χ4n) is 1.90. The molecule has 0 bridgehead atoms. The van der Waals surface area contributed by atoms with Gasteiger partial charge in [-0.15, -0.1) is 0 Å². The molecule has 0 radical (unpaired) electrons. The van der Waals surface area contributed by atoms with Crippen LogP contribution in [0.15, 0.2) is 40.8 Å². The Bertz CT molecular complexity index is 635. The van der Waals surface area contributed by atoms with Crippen molar-refractivity contribution >= 4 is 5.91 Å². The molecule has 0 spiro atoms. The molecule has 4 nitrogen and oxygen atoms in total. The lowest BCUT2D eigenvalue weighted by molar-refractivity contribution is -0.129. The summed E-state index contributed by atoms with van der Waals surface area (Å²) in [5.41, 5.74) is 1.50. The molecular formula is C16H16N2O2. The highest BCUT2D eigenvalue weighted by Gasteiger charge is 2.11. The van der Waals surface area contributed by atoms with Gasteiger partial charge in [0.25, 0.3) is 0 Å². The predicted molar refractivity (Wildman–Crippen MR) is 74.8 cm³/mol. The molecule has 0 aliphatic heterocycles. The van der Waals surface area contributed by atoms with E-state index in [2.05, 4.69) is 6.07 Å². The van der Waals surface area contributed by atoms with Gasteiger partial charge in [0.05, 0.1) is 24.6 Å². The van der Waals surface area contributed by atoms with Gasteiger partial charge in [0, 0.05) is 7.05 Å². The van der Waals surface area contributed by atoms with Gasteiger partial charge in [0.1, 0.15) is 11.5 Å². The van der Waals surface area contributed by atoms with E-state index in [0.717, 1.165) is 17.1 Å². The first-order valence-corrected chi connectivity index (χ1v) is 6.37. The van der Waals surface area contributed by atoms with E-state index in [1.54, 1.807) is 36.2 Å². The standard InChI is InChI=1S/C16H16N2O2/c1-12-3-8-15(20-12)11-18(2)16(19)9-13-4-6-14(10-17)7-5-13/h3-8H,9,11H2,1-2H3. The fraction of sp³-hybridized carbons (Fsp3) is 0.250. The van der Waals surface area contributed by atoms with Gasteiger partial charge in [0.2, 0.25) is 5.91 Å². The zero-order valence-electron chi connectivity index (χ0n) is 11.6. The van der Waals surface area contributed by atoms with Crippen LogP contribution in [0.3, 0.4) is 0 Å². The van der Waals surface area contributed by atoms with Crippen molar-refractivity contribution in [1.29, 1.82) is 5.26 Å². The second-order valence-electron chi connectivity index (χ2n) is 4.75. The monoisotopic (exact) mass is 268 g/mol. The minimum absolute atomic E-state index is 0.0174. The lowest BCUT2D eigenvalue weighted by Crippen LogP contribution is -2.27. The van der Waals surface area contributed by atoms with Gasteiger partial charge < -0.3 is 9.32 Å². The Balaban J connectivity index is 1.95. The average molecular weight is 268 g/mol. The number of nitrogens with zero attached hydrogens (tertiary/aromatic N) is 2. The zero-order valence-corrected chi connectivity index (χ0v) is 11.6. The molecule has 0 atom stereocenters. The molecule has 1 amide bonds. The summed E-state index contributed by atoms with van der Waals surface area (Å²) in [6.45, 7) is 2.34. The van der Waals surface area contributed by atoms with E-state index in [1.807, 2.05) is 19.1 Å². The second-order valence-corrected chi connectivity index (χ2v) is 4.75. The number of carbonyl (C=O) groups excluding carboxylic acids is 1. The molecule has 1 aromatic heterocycles. The fourth-order valence-corrected chi connectivity index (χ4v) is 1.90. The topological polar surface area (TPSA) is 57.2 Å². The van der Waals surface area contributed by atoms with Crippen LogP contribution in [0, 0.1) is 18.3 Å². The van der Waals surface area contributed by atoms with E-state index in [0.29, 0.717) is 18.5 Å². The molecular weight excluding hydrogens is 252 g/mol. The number of aryl methyl sites for hydroxylation is 1. The van der Waals surface area contributed by atoms with E-state index in [9.17, 15) is 4.79 Å². The molecule has 4 heteroatoms. The zero-order chi connectivity index (χ0) is 14.5. The van der Waals surface area contributed by atoms with Crippen LogP contribution in [0.25, 0.3) is 0 Å². The molecule has 20 heavy (non-hydrogen) atoms. The van der Waals surface area contributed by atoms with Crippen molar-refractivity contribution in [2.75, 3.05) is 7.05 Å². The van der Waals surface area contributed by atoms with Crippen molar-refractivity contribution in [3.63, 3.8) is 0 Å². The molecule has 0 saturated carbocycles. The summed E-state index contributed by atoms with van der Waals surface area (Å²) in [5, 5.41) is 8.73. The minimum atomic E-state index is 0.0174. The van der Waals surface area contributed by atoms with Gasteiger partial charge in [-0.25, -0.2) is 0 Å². The highest BCUT2D eigenvalue weighted by atomic mass is 16.3. The summed E-state index contributed by atoms with van der Waals surface area (Å²) in [7, 11) is 1.75. The van der Waals surface area contributed by atoms with Gasteiger partial charge in [-0.05, 0) is 36.8 Å². The Labute approximate surface area is 118 Å². The summed E-state index contributed by atoms with van der Waals surface area (Å²) in [5.74, 6) is 1.63. The summed E-state index contributed by atoms with van der Waals surface area (Å²) in [6.07, 6.45) is 0.321. The first kappa shape index (κ1) is 13.9. The smallest absolute Gasteiger partial charge is 0.227 e. The van der Waals surface area contributed by atoms with Crippen molar-refractivity contribution in [3.05, 3.63) is 59.0 Å². The number of furan rings is 1. The Kier molecular flexibility index (Phi) is 4.21. The molecule has 1 aromatic carbocycles. The van der Waals surface area contributed by atoms with E-state index in [1.165, 1.54) is 0 Å². The molecule has 0 N–H and O–H groups in total. The van der Waals surface area contributed by atoms with E-state index >= 15 is 0 Å². The number of likely N-dealkylation sites (N-methyl/N-ethyl adjacent to an activating group) is 1. The molecule has 2 aromatic rings. The summed E-state index contributed by atoms with van der Waals surface area (Å²) < 4.78 is 5.45. The molecule has 0 aliphatic carbocycles. The van der Waals surface area contributed by atoms with Crippen LogP contribution in [0.5, 0.6) is 0 Å². The van der Waals surface area contributed by atoms with Crippen molar-refractivity contribution in [2.45, 2.75) is 19.9 Å². The third-order valence-corrected chi connectivity index (χ3v) is 3.05. The van der Waals surface area contributed by atoms with Crippen molar-refractivity contribution < 1.29 is 9.21 Å². The third kappa shape index (κ3) is 3.48. The Hall–Kier alpha value is -2.54. The van der Waals surface area contributed by atoms with Crippen LogP contribution < -0.4 is 0 Å². The Morgan fingerprint density at radius 2 is 1.95 bits per heavy atom. The molecule has 0 unspecified atom stereocenters. The largest absolute Gasteiger partial charge is 0.464 e. The van der Waals surface area contributed by atoms with Gasteiger partial charge in [-0.3, -0.25) is 4.79 Å². The number of nitriles is 1. The summed E-state index contributed by atoms with van der Waals surface area (Å²) in [6, 6.07) is 12.9. The van der Waals surface area contributed by atoms with Gasteiger partial charge >= 0.3 is 0 Å². The molecule has 0 aliphatic rings. The maximum atomic E-state index is 12.1. The molecule has 102 valence electrons. The van der Waals surface area contributed by atoms with E-state index < -0.39 is 0 Å². The molecule has 1 heterocycles. The van der Waals surface area contributed by atoms with Crippen LogP contribution in [0.1, 0.15) is 22.6 Å². The summed E-state index contributed by atoms with van der Waals surface area (Å²) >= 11 is 0. The maximum Gasteiger partial charge on any atom is 0.227 e. The van der Waals surface area contributed by atoms with Crippen LogP contribution >= 0.6 is 0 Å². The number of benzene rings is 1. The third-order valence-electron chi connectivity index (χ3n) is 3.05.